The molecule has 0 heterocycles. The third-order valence-electron chi connectivity index (χ3n) is 2.54. The largest absolute Gasteiger partial charge is 0.383 e. The van der Waals surface area contributed by atoms with Crippen molar-refractivity contribution < 1.29 is 18.7 Å². The van der Waals surface area contributed by atoms with Crippen LogP contribution in [0, 0.1) is 11.6 Å². The quantitative estimate of drug-likeness (QED) is 0.824. The summed E-state index contributed by atoms with van der Waals surface area (Å²) in [5.41, 5.74) is -0.861. The van der Waals surface area contributed by atoms with Gasteiger partial charge in [0.2, 0.25) is 5.91 Å². The van der Waals surface area contributed by atoms with E-state index < -0.39 is 17.2 Å². The molecule has 0 aliphatic carbocycles. The highest BCUT2D eigenvalue weighted by Gasteiger charge is 2.27. The maximum absolute atomic E-state index is 13.6. The summed E-state index contributed by atoms with van der Waals surface area (Å²) in [6.07, 6.45) is 1.37. The topological polar surface area (TPSA) is 49.3 Å². The second-order valence-corrected chi connectivity index (χ2v) is 4.84. The summed E-state index contributed by atoms with van der Waals surface area (Å²) in [4.78, 5) is 11.4. The van der Waals surface area contributed by atoms with E-state index in [1.165, 1.54) is 13.0 Å². The average Bonchev–Trinajstić information content (AvgIpc) is 2.25. The van der Waals surface area contributed by atoms with Crippen molar-refractivity contribution in [1.29, 1.82) is 0 Å². The molecule has 2 N–H and O–H groups in total. The summed E-state index contributed by atoms with van der Waals surface area (Å²) in [7, 11) is 0. The summed E-state index contributed by atoms with van der Waals surface area (Å²) < 4.78 is 26.4. The van der Waals surface area contributed by atoms with Gasteiger partial charge in [0, 0.05) is 17.7 Å². The van der Waals surface area contributed by atoms with Crippen LogP contribution in [0.15, 0.2) is 29.8 Å². The molecule has 19 heavy (non-hydrogen) atoms. The Morgan fingerprint density at radius 3 is 2.58 bits per heavy atom. The Morgan fingerprint density at radius 2 is 2.05 bits per heavy atom. The summed E-state index contributed by atoms with van der Waals surface area (Å²) >= 11 is 0. The molecule has 3 nitrogen and oxygen atoms in total. The van der Waals surface area contributed by atoms with E-state index in [-0.39, 0.29) is 18.0 Å². The maximum Gasteiger partial charge on any atom is 0.244 e. The zero-order chi connectivity index (χ0) is 14.6. The Bertz CT molecular complexity index is 506. The Kier molecular flexibility index (Phi) is 4.78. The lowest BCUT2D eigenvalue weighted by Crippen LogP contribution is -2.38. The van der Waals surface area contributed by atoms with E-state index in [1.54, 1.807) is 13.8 Å². The highest BCUT2D eigenvalue weighted by molar-refractivity contribution is 5.88. The van der Waals surface area contributed by atoms with Gasteiger partial charge in [-0.3, -0.25) is 4.79 Å². The molecule has 0 aromatic heterocycles. The third kappa shape index (κ3) is 4.44. The maximum atomic E-state index is 13.6. The second-order valence-electron chi connectivity index (χ2n) is 4.84. The number of hydrogen-bond donors (Lipinski definition) is 2. The van der Waals surface area contributed by atoms with Gasteiger partial charge in [0.05, 0.1) is 6.54 Å². The first-order valence-electron chi connectivity index (χ1n) is 5.83. The van der Waals surface area contributed by atoms with Crippen LogP contribution in [0.1, 0.15) is 26.3 Å². The molecule has 0 spiro atoms. The van der Waals surface area contributed by atoms with Gasteiger partial charge in [0.15, 0.2) is 0 Å². The molecule has 1 aromatic rings. The number of carbonyl (C=O) groups excluding carboxylic acids is 1. The summed E-state index contributed by atoms with van der Waals surface area (Å²) in [5.74, 6) is -1.94. The molecule has 1 unspecified atom stereocenters. The number of amides is 1. The van der Waals surface area contributed by atoms with E-state index >= 15 is 0 Å². The van der Waals surface area contributed by atoms with Crippen molar-refractivity contribution in [1.82, 2.24) is 5.32 Å². The van der Waals surface area contributed by atoms with E-state index in [0.717, 1.165) is 17.7 Å². The Balaban J connectivity index is 2.81. The van der Waals surface area contributed by atoms with Gasteiger partial charge in [-0.15, -0.1) is 0 Å². The molecular formula is C14H17F2NO2. The molecular weight excluding hydrogens is 252 g/mol. The number of hydrogen-bond acceptors (Lipinski definition) is 2. The van der Waals surface area contributed by atoms with Crippen molar-refractivity contribution in [3.05, 3.63) is 47.0 Å². The minimum Gasteiger partial charge on any atom is -0.383 e. The molecule has 1 amide bonds. The second kappa shape index (κ2) is 5.93. The van der Waals surface area contributed by atoms with Crippen molar-refractivity contribution in [2.75, 3.05) is 6.54 Å². The number of carbonyl (C=O) groups is 1. The first-order valence-corrected chi connectivity index (χ1v) is 5.83. The summed E-state index contributed by atoms with van der Waals surface area (Å²) in [5, 5.41) is 12.6. The minimum absolute atomic E-state index is 0.0635. The fraction of sp³-hybridized carbons (Fsp3) is 0.357. The summed E-state index contributed by atoms with van der Waals surface area (Å²) in [6.45, 7) is 4.71. The van der Waals surface area contributed by atoms with Crippen LogP contribution in [0.3, 0.4) is 0 Å². The van der Waals surface area contributed by atoms with Crippen molar-refractivity contribution in [3.8, 4) is 0 Å². The number of allylic oxidation sites excluding steroid dienone is 1. The molecule has 0 aliphatic rings. The zero-order valence-corrected chi connectivity index (χ0v) is 11.1. The SMILES string of the molecule is CC(C)=CC(=O)NCC(C)(O)c1ccc(F)cc1F. The van der Waals surface area contributed by atoms with Gasteiger partial charge in [-0.05, 0) is 26.8 Å². The Hall–Kier alpha value is -1.75. The van der Waals surface area contributed by atoms with Crippen molar-refractivity contribution in [2.45, 2.75) is 26.4 Å². The lowest BCUT2D eigenvalue weighted by atomic mass is 9.95. The molecule has 5 heteroatoms. The molecule has 1 atom stereocenters. The van der Waals surface area contributed by atoms with Crippen LogP contribution >= 0.6 is 0 Å². The smallest absolute Gasteiger partial charge is 0.244 e. The molecule has 1 rings (SSSR count). The highest BCUT2D eigenvalue weighted by Crippen LogP contribution is 2.23. The van der Waals surface area contributed by atoms with Gasteiger partial charge < -0.3 is 10.4 Å². The molecule has 1 aromatic carbocycles. The predicted molar refractivity (Wildman–Crippen MR) is 68.4 cm³/mol. The van der Waals surface area contributed by atoms with Crippen LogP contribution in [0.2, 0.25) is 0 Å². The standard InChI is InChI=1S/C14H17F2NO2/c1-9(2)6-13(18)17-8-14(3,19)11-5-4-10(15)7-12(11)16/h4-7,19H,8H2,1-3H3,(H,17,18). The van der Waals surface area contributed by atoms with Gasteiger partial charge in [0.25, 0.3) is 0 Å². The Morgan fingerprint density at radius 1 is 1.42 bits per heavy atom. The van der Waals surface area contributed by atoms with Gasteiger partial charge in [0.1, 0.15) is 17.2 Å². The monoisotopic (exact) mass is 269 g/mol. The lowest BCUT2D eigenvalue weighted by molar-refractivity contribution is -0.117. The number of rotatable bonds is 4. The van der Waals surface area contributed by atoms with E-state index in [0.29, 0.717) is 6.07 Å². The average molecular weight is 269 g/mol. The Labute approximate surface area is 110 Å². The first kappa shape index (κ1) is 15.3. The molecule has 0 aliphatic heterocycles. The number of benzene rings is 1. The zero-order valence-electron chi connectivity index (χ0n) is 11.1. The normalized spacial score (nSPS) is 13.6. The molecule has 0 saturated carbocycles. The molecule has 0 bridgehead atoms. The van der Waals surface area contributed by atoms with Crippen LogP contribution in [-0.2, 0) is 10.4 Å². The van der Waals surface area contributed by atoms with E-state index in [2.05, 4.69) is 5.32 Å². The van der Waals surface area contributed by atoms with Gasteiger partial charge in [-0.25, -0.2) is 8.78 Å². The van der Waals surface area contributed by atoms with Crippen molar-refractivity contribution in [3.63, 3.8) is 0 Å². The lowest BCUT2D eigenvalue weighted by Gasteiger charge is -2.24. The first-order chi connectivity index (χ1) is 8.72. The molecule has 0 fully saturated rings. The highest BCUT2D eigenvalue weighted by atomic mass is 19.1. The van der Waals surface area contributed by atoms with Gasteiger partial charge in [-0.2, -0.15) is 0 Å². The minimum atomic E-state index is -1.61. The van der Waals surface area contributed by atoms with Gasteiger partial charge in [-0.1, -0.05) is 11.6 Å². The van der Waals surface area contributed by atoms with Crippen LogP contribution in [0.5, 0.6) is 0 Å². The van der Waals surface area contributed by atoms with E-state index in [4.69, 9.17) is 0 Å². The molecule has 0 saturated heterocycles. The van der Waals surface area contributed by atoms with E-state index in [1.807, 2.05) is 0 Å². The molecule has 104 valence electrons. The van der Waals surface area contributed by atoms with Crippen molar-refractivity contribution in [2.24, 2.45) is 0 Å². The number of aliphatic hydroxyl groups is 1. The van der Waals surface area contributed by atoms with Crippen LogP contribution in [0.25, 0.3) is 0 Å². The van der Waals surface area contributed by atoms with E-state index in [9.17, 15) is 18.7 Å². The fourth-order valence-electron chi connectivity index (χ4n) is 1.59. The molecule has 0 radical (unpaired) electrons. The van der Waals surface area contributed by atoms with Crippen molar-refractivity contribution >= 4 is 5.91 Å². The summed E-state index contributed by atoms with van der Waals surface area (Å²) in [6, 6.07) is 2.92. The van der Waals surface area contributed by atoms with Crippen LogP contribution in [-0.4, -0.2) is 17.6 Å². The van der Waals surface area contributed by atoms with Gasteiger partial charge >= 0.3 is 0 Å². The van der Waals surface area contributed by atoms with Crippen LogP contribution < -0.4 is 5.32 Å². The van der Waals surface area contributed by atoms with Crippen LogP contribution in [0.4, 0.5) is 8.78 Å². The number of halogens is 2. The number of nitrogens with one attached hydrogen (secondary N) is 1. The fourth-order valence-corrected chi connectivity index (χ4v) is 1.59. The third-order valence-corrected chi connectivity index (χ3v) is 2.54. The predicted octanol–water partition coefficient (Wildman–Crippen LogP) is 2.25.